The molecule has 0 amide bonds. The van der Waals surface area contributed by atoms with Crippen molar-refractivity contribution < 1.29 is 4.74 Å². The van der Waals surface area contributed by atoms with Crippen LogP contribution in [0.3, 0.4) is 0 Å². The molecule has 0 aliphatic heterocycles. The molecule has 0 atom stereocenters. The monoisotopic (exact) mass is 459 g/mol. The van der Waals surface area contributed by atoms with Gasteiger partial charge in [-0.15, -0.1) is 24.0 Å². The normalized spacial score (nSPS) is 15.5. The Morgan fingerprint density at radius 3 is 2.56 bits per heavy atom. The van der Waals surface area contributed by atoms with Crippen molar-refractivity contribution in [1.82, 2.24) is 10.6 Å². The Morgan fingerprint density at radius 1 is 1.08 bits per heavy atom. The van der Waals surface area contributed by atoms with Crippen LogP contribution in [0.5, 0.6) is 0 Å². The molecule has 142 valence electrons. The van der Waals surface area contributed by atoms with E-state index in [0.29, 0.717) is 6.04 Å². The molecule has 0 heterocycles. The quantitative estimate of drug-likeness (QED) is 0.253. The standard InChI is InChI=1S/C20H33N3O.HI/c1-21-20(23-19-12-6-3-7-13-19)22-15-8-9-16-24-17-14-18-10-4-2-5-11-18;/h2,4-5,10-11,19H,3,6-9,12-17H2,1H3,(H2,21,22,23);1H. The van der Waals surface area contributed by atoms with Crippen LogP contribution in [0.15, 0.2) is 35.3 Å². The average molecular weight is 459 g/mol. The van der Waals surface area contributed by atoms with Crippen molar-refractivity contribution in [3.8, 4) is 0 Å². The molecular weight excluding hydrogens is 425 g/mol. The second-order valence-electron chi connectivity index (χ2n) is 6.53. The summed E-state index contributed by atoms with van der Waals surface area (Å²) in [5.74, 6) is 0.951. The number of halogens is 1. The third-order valence-corrected chi connectivity index (χ3v) is 4.56. The van der Waals surface area contributed by atoms with Crippen LogP contribution in [0.2, 0.25) is 0 Å². The van der Waals surface area contributed by atoms with Crippen LogP contribution in [-0.2, 0) is 11.2 Å². The van der Waals surface area contributed by atoms with Gasteiger partial charge < -0.3 is 15.4 Å². The van der Waals surface area contributed by atoms with Gasteiger partial charge in [-0.05, 0) is 37.7 Å². The molecule has 0 saturated heterocycles. The molecule has 0 spiro atoms. The lowest BCUT2D eigenvalue weighted by Gasteiger charge is -2.24. The van der Waals surface area contributed by atoms with Crippen LogP contribution >= 0.6 is 24.0 Å². The minimum atomic E-state index is 0. The summed E-state index contributed by atoms with van der Waals surface area (Å²) in [6.45, 7) is 2.60. The van der Waals surface area contributed by atoms with Gasteiger partial charge in [0.15, 0.2) is 5.96 Å². The summed E-state index contributed by atoms with van der Waals surface area (Å²) < 4.78 is 5.72. The Hall–Kier alpha value is -0.820. The zero-order chi connectivity index (χ0) is 16.9. The molecule has 0 bridgehead atoms. The van der Waals surface area contributed by atoms with Crippen molar-refractivity contribution >= 4 is 29.9 Å². The maximum atomic E-state index is 5.72. The van der Waals surface area contributed by atoms with E-state index >= 15 is 0 Å². The first kappa shape index (κ1) is 22.2. The van der Waals surface area contributed by atoms with E-state index < -0.39 is 0 Å². The van der Waals surface area contributed by atoms with Crippen LogP contribution in [0.25, 0.3) is 0 Å². The van der Waals surface area contributed by atoms with Crippen LogP contribution < -0.4 is 10.6 Å². The Balaban J connectivity index is 0.00000312. The number of benzene rings is 1. The highest BCUT2D eigenvalue weighted by molar-refractivity contribution is 14.0. The van der Waals surface area contributed by atoms with E-state index in [0.717, 1.165) is 45.0 Å². The summed E-state index contributed by atoms with van der Waals surface area (Å²) in [6.07, 6.45) is 9.81. The third kappa shape index (κ3) is 10.0. The van der Waals surface area contributed by atoms with Crippen LogP contribution in [0, 0.1) is 0 Å². The van der Waals surface area contributed by atoms with Crippen LogP contribution in [-0.4, -0.2) is 38.8 Å². The zero-order valence-electron chi connectivity index (χ0n) is 15.5. The molecular formula is C20H34IN3O. The fourth-order valence-corrected chi connectivity index (χ4v) is 3.11. The number of guanidine groups is 1. The zero-order valence-corrected chi connectivity index (χ0v) is 17.8. The first-order chi connectivity index (χ1) is 11.9. The molecule has 2 rings (SSSR count). The van der Waals surface area contributed by atoms with E-state index in [1.165, 1.54) is 37.7 Å². The SMILES string of the molecule is CN=C(NCCCCOCCc1ccccc1)NC1CCCCC1.I. The highest BCUT2D eigenvalue weighted by atomic mass is 127. The minimum Gasteiger partial charge on any atom is -0.381 e. The van der Waals surface area contributed by atoms with Crippen molar-refractivity contribution in [2.45, 2.75) is 57.4 Å². The summed E-state index contributed by atoms with van der Waals surface area (Å²) in [5, 5.41) is 6.96. The Morgan fingerprint density at radius 2 is 1.84 bits per heavy atom. The van der Waals surface area contributed by atoms with Gasteiger partial charge in [0.25, 0.3) is 0 Å². The molecule has 0 aromatic heterocycles. The summed E-state index contributed by atoms with van der Waals surface area (Å²) in [5.41, 5.74) is 1.34. The summed E-state index contributed by atoms with van der Waals surface area (Å²) in [4.78, 5) is 4.33. The van der Waals surface area contributed by atoms with Gasteiger partial charge in [-0.25, -0.2) is 0 Å². The lowest BCUT2D eigenvalue weighted by Crippen LogP contribution is -2.44. The summed E-state index contributed by atoms with van der Waals surface area (Å²) in [7, 11) is 1.85. The maximum absolute atomic E-state index is 5.72. The fraction of sp³-hybridized carbons (Fsp3) is 0.650. The van der Waals surface area contributed by atoms with Crippen molar-refractivity contribution in [2.75, 3.05) is 26.8 Å². The molecule has 0 unspecified atom stereocenters. The second kappa shape index (κ2) is 14.4. The molecule has 1 aliphatic carbocycles. The Kier molecular flexibility index (Phi) is 12.8. The van der Waals surface area contributed by atoms with Gasteiger partial charge in [0, 0.05) is 26.2 Å². The molecule has 4 nitrogen and oxygen atoms in total. The molecule has 1 aromatic rings. The van der Waals surface area contributed by atoms with Gasteiger partial charge in [-0.1, -0.05) is 49.6 Å². The number of hydrogen-bond acceptors (Lipinski definition) is 2. The van der Waals surface area contributed by atoms with Gasteiger partial charge in [0.2, 0.25) is 0 Å². The number of unbranched alkanes of at least 4 members (excludes halogenated alkanes) is 1. The largest absolute Gasteiger partial charge is 0.381 e. The number of aliphatic imine (C=N–C) groups is 1. The lowest BCUT2D eigenvalue weighted by molar-refractivity contribution is 0.133. The van der Waals surface area contributed by atoms with E-state index in [2.05, 4.69) is 39.9 Å². The van der Waals surface area contributed by atoms with E-state index in [1.807, 2.05) is 13.1 Å². The molecule has 0 radical (unpaired) electrons. The molecule has 25 heavy (non-hydrogen) atoms. The first-order valence-electron chi connectivity index (χ1n) is 9.47. The highest BCUT2D eigenvalue weighted by Gasteiger charge is 2.13. The average Bonchev–Trinajstić information content (AvgIpc) is 2.64. The molecule has 1 aromatic carbocycles. The van der Waals surface area contributed by atoms with Crippen LogP contribution in [0.1, 0.15) is 50.5 Å². The number of nitrogens with zero attached hydrogens (tertiary/aromatic N) is 1. The van der Waals surface area contributed by atoms with Crippen LogP contribution in [0.4, 0.5) is 0 Å². The van der Waals surface area contributed by atoms with Crippen molar-refractivity contribution in [1.29, 1.82) is 0 Å². The number of hydrogen-bond donors (Lipinski definition) is 2. The van der Waals surface area contributed by atoms with Crippen molar-refractivity contribution in [2.24, 2.45) is 4.99 Å². The predicted molar refractivity (Wildman–Crippen MR) is 117 cm³/mol. The third-order valence-electron chi connectivity index (χ3n) is 4.56. The lowest BCUT2D eigenvalue weighted by atomic mass is 9.96. The fourth-order valence-electron chi connectivity index (χ4n) is 3.11. The number of nitrogens with one attached hydrogen (secondary N) is 2. The van der Waals surface area contributed by atoms with Gasteiger partial charge in [0.05, 0.1) is 6.61 Å². The molecule has 1 saturated carbocycles. The minimum absolute atomic E-state index is 0. The van der Waals surface area contributed by atoms with Gasteiger partial charge in [-0.3, -0.25) is 4.99 Å². The number of rotatable bonds is 9. The Labute approximate surface area is 170 Å². The molecule has 1 fully saturated rings. The van der Waals surface area contributed by atoms with Gasteiger partial charge in [-0.2, -0.15) is 0 Å². The van der Waals surface area contributed by atoms with E-state index in [4.69, 9.17) is 4.74 Å². The van der Waals surface area contributed by atoms with Gasteiger partial charge in [0.1, 0.15) is 0 Å². The van der Waals surface area contributed by atoms with E-state index in [1.54, 1.807) is 0 Å². The topological polar surface area (TPSA) is 45.7 Å². The second-order valence-corrected chi connectivity index (χ2v) is 6.53. The first-order valence-corrected chi connectivity index (χ1v) is 9.47. The van der Waals surface area contributed by atoms with E-state index in [9.17, 15) is 0 Å². The predicted octanol–water partition coefficient (Wildman–Crippen LogP) is 4.14. The molecule has 5 heteroatoms. The highest BCUT2D eigenvalue weighted by Crippen LogP contribution is 2.17. The van der Waals surface area contributed by atoms with Gasteiger partial charge >= 0.3 is 0 Å². The van der Waals surface area contributed by atoms with Crippen molar-refractivity contribution in [3.63, 3.8) is 0 Å². The number of ether oxygens (including phenoxy) is 1. The smallest absolute Gasteiger partial charge is 0.191 e. The summed E-state index contributed by atoms with van der Waals surface area (Å²) in [6, 6.07) is 11.1. The Bertz CT molecular complexity index is 461. The summed E-state index contributed by atoms with van der Waals surface area (Å²) >= 11 is 0. The molecule has 2 N–H and O–H groups in total. The molecule has 1 aliphatic rings. The maximum Gasteiger partial charge on any atom is 0.191 e. The van der Waals surface area contributed by atoms with Crippen molar-refractivity contribution in [3.05, 3.63) is 35.9 Å². The van der Waals surface area contributed by atoms with E-state index in [-0.39, 0.29) is 24.0 Å².